The Morgan fingerprint density at radius 2 is 1.58 bits per heavy atom. The van der Waals surface area contributed by atoms with Crippen LogP contribution in [0.4, 0.5) is 0 Å². The first-order chi connectivity index (χ1) is 9.03. The topological polar surface area (TPSA) is 48.0 Å². The summed E-state index contributed by atoms with van der Waals surface area (Å²) < 4.78 is 15.8. The predicted octanol–water partition coefficient (Wildman–Crippen LogP) is 1.73. The molecule has 0 aromatic heterocycles. The van der Waals surface area contributed by atoms with Gasteiger partial charge in [-0.15, -0.1) is 0 Å². The highest BCUT2D eigenvalue weighted by atomic mass is 16.5. The summed E-state index contributed by atoms with van der Waals surface area (Å²) in [6.07, 6.45) is 0.694. The first-order valence-electron chi connectivity index (χ1n) is 6.04. The van der Waals surface area contributed by atoms with Crippen LogP contribution in [0, 0.1) is 0 Å². The fourth-order valence-corrected chi connectivity index (χ4v) is 1.73. The van der Waals surface area contributed by atoms with E-state index in [0.717, 1.165) is 11.3 Å². The van der Waals surface area contributed by atoms with Crippen LogP contribution in [-0.4, -0.2) is 45.7 Å². The van der Waals surface area contributed by atoms with Gasteiger partial charge in [-0.25, -0.2) is 0 Å². The molecule has 0 radical (unpaired) electrons. The minimum absolute atomic E-state index is 0.0412. The summed E-state index contributed by atoms with van der Waals surface area (Å²) in [6.45, 7) is 2.17. The third-order valence-electron chi connectivity index (χ3n) is 3.04. The van der Waals surface area contributed by atoms with E-state index in [1.54, 1.807) is 46.3 Å². The summed E-state index contributed by atoms with van der Waals surface area (Å²) in [4.78, 5) is 12.9. The zero-order valence-electron chi connectivity index (χ0n) is 12.1. The molecule has 19 heavy (non-hydrogen) atoms. The molecule has 1 aromatic carbocycles. The molecule has 0 fully saturated rings. The fourth-order valence-electron chi connectivity index (χ4n) is 1.73. The Hall–Kier alpha value is -1.91. The van der Waals surface area contributed by atoms with Crippen LogP contribution >= 0.6 is 0 Å². The number of carbonyl (C=O) groups excluding carboxylic acids is 1. The van der Waals surface area contributed by atoms with Crippen molar-refractivity contribution in [1.29, 1.82) is 0 Å². The van der Waals surface area contributed by atoms with Crippen LogP contribution in [0.25, 0.3) is 0 Å². The quantitative estimate of drug-likeness (QED) is 0.787. The predicted molar refractivity (Wildman–Crippen MR) is 73.1 cm³/mol. The van der Waals surface area contributed by atoms with Gasteiger partial charge in [0.2, 0.25) is 5.91 Å². The summed E-state index contributed by atoms with van der Waals surface area (Å²) in [7, 11) is 6.56. The van der Waals surface area contributed by atoms with E-state index in [-0.39, 0.29) is 5.91 Å². The van der Waals surface area contributed by atoms with E-state index in [9.17, 15) is 4.79 Å². The molecule has 1 aromatic rings. The summed E-state index contributed by atoms with van der Waals surface area (Å²) >= 11 is 0. The molecule has 0 aliphatic rings. The van der Waals surface area contributed by atoms with Crippen LogP contribution in [0.15, 0.2) is 12.1 Å². The Morgan fingerprint density at radius 3 is 2.05 bits per heavy atom. The second-order valence-electron chi connectivity index (χ2n) is 4.21. The summed E-state index contributed by atoms with van der Waals surface area (Å²) in [5.74, 6) is 2.06. The Bertz CT molecular complexity index is 445. The van der Waals surface area contributed by atoms with Crippen LogP contribution in [-0.2, 0) is 11.2 Å². The lowest BCUT2D eigenvalue weighted by Crippen LogP contribution is -2.26. The van der Waals surface area contributed by atoms with E-state index in [2.05, 4.69) is 0 Å². The number of hydrogen-bond donors (Lipinski definition) is 0. The van der Waals surface area contributed by atoms with E-state index < -0.39 is 0 Å². The van der Waals surface area contributed by atoms with Crippen molar-refractivity contribution in [3.63, 3.8) is 0 Å². The lowest BCUT2D eigenvalue weighted by Gasteiger charge is -2.17. The number of rotatable bonds is 6. The Kier molecular flexibility index (Phi) is 5.48. The van der Waals surface area contributed by atoms with E-state index in [1.807, 2.05) is 6.07 Å². The SMILES string of the molecule is COc1cc(OC)c(OC)cc1CCN(C)C(C)=O. The normalized spacial score (nSPS) is 9.95. The first-order valence-corrected chi connectivity index (χ1v) is 6.04. The van der Waals surface area contributed by atoms with Crippen molar-refractivity contribution in [1.82, 2.24) is 4.90 Å². The third kappa shape index (κ3) is 3.77. The van der Waals surface area contributed by atoms with Gasteiger partial charge < -0.3 is 19.1 Å². The van der Waals surface area contributed by atoms with Gasteiger partial charge in [-0.05, 0) is 18.1 Å². The van der Waals surface area contributed by atoms with Crippen molar-refractivity contribution in [2.75, 3.05) is 34.9 Å². The van der Waals surface area contributed by atoms with Crippen molar-refractivity contribution in [3.8, 4) is 17.2 Å². The number of benzene rings is 1. The minimum Gasteiger partial charge on any atom is -0.496 e. The number of nitrogens with zero attached hydrogens (tertiary/aromatic N) is 1. The number of likely N-dealkylation sites (N-methyl/N-ethyl adjacent to an activating group) is 1. The van der Waals surface area contributed by atoms with Gasteiger partial charge >= 0.3 is 0 Å². The molecular formula is C14H21NO4. The van der Waals surface area contributed by atoms with E-state index in [4.69, 9.17) is 14.2 Å². The molecule has 106 valence electrons. The Morgan fingerprint density at radius 1 is 1.05 bits per heavy atom. The molecule has 0 aliphatic carbocycles. The highest BCUT2D eigenvalue weighted by molar-refractivity contribution is 5.72. The lowest BCUT2D eigenvalue weighted by molar-refractivity contribution is -0.127. The number of methoxy groups -OCH3 is 3. The molecular weight excluding hydrogens is 246 g/mol. The van der Waals surface area contributed by atoms with E-state index >= 15 is 0 Å². The first kappa shape index (κ1) is 15.1. The van der Waals surface area contributed by atoms with Crippen molar-refractivity contribution < 1.29 is 19.0 Å². The molecule has 0 bridgehead atoms. The molecule has 0 aliphatic heterocycles. The molecule has 1 rings (SSSR count). The van der Waals surface area contributed by atoms with E-state index in [0.29, 0.717) is 24.5 Å². The number of hydrogen-bond acceptors (Lipinski definition) is 4. The maximum Gasteiger partial charge on any atom is 0.219 e. The maximum absolute atomic E-state index is 11.2. The number of amides is 1. The standard InChI is InChI=1S/C14H21NO4/c1-10(16)15(2)7-6-11-8-13(18-4)14(19-5)9-12(11)17-3/h8-9H,6-7H2,1-5H3. The highest BCUT2D eigenvalue weighted by Gasteiger charge is 2.12. The molecule has 0 spiro atoms. The van der Waals surface area contributed by atoms with Crippen LogP contribution in [0.3, 0.4) is 0 Å². The maximum atomic E-state index is 11.2. The van der Waals surface area contributed by atoms with Gasteiger partial charge in [0.1, 0.15) is 5.75 Å². The molecule has 0 heterocycles. The highest BCUT2D eigenvalue weighted by Crippen LogP contribution is 2.34. The van der Waals surface area contributed by atoms with Crippen molar-refractivity contribution >= 4 is 5.91 Å². The molecule has 0 saturated carbocycles. The summed E-state index contributed by atoms with van der Waals surface area (Å²) in [5, 5.41) is 0. The van der Waals surface area contributed by atoms with Crippen LogP contribution < -0.4 is 14.2 Å². The van der Waals surface area contributed by atoms with Gasteiger partial charge in [-0.3, -0.25) is 4.79 Å². The number of carbonyl (C=O) groups is 1. The van der Waals surface area contributed by atoms with Gasteiger partial charge in [0.25, 0.3) is 0 Å². The van der Waals surface area contributed by atoms with Crippen LogP contribution in [0.2, 0.25) is 0 Å². The van der Waals surface area contributed by atoms with Gasteiger partial charge in [0.15, 0.2) is 11.5 Å². The van der Waals surface area contributed by atoms with Gasteiger partial charge in [-0.1, -0.05) is 0 Å². The monoisotopic (exact) mass is 267 g/mol. The summed E-state index contributed by atoms with van der Waals surface area (Å²) in [6, 6.07) is 3.67. The van der Waals surface area contributed by atoms with E-state index in [1.165, 1.54) is 0 Å². The fraction of sp³-hybridized carbons (Fsp3) is 0.500. The minimum atomic E-state index is 0.0412. The molecule has 5 nitrogen and oxygen atoms in total. The van der Waals surface area contributed by atoms with Gasteiger partial charge in [0, 0.05) is 26.6 Å². The van der Waals surface area contributed by atoms with Crippen molar-refractivity contribution in [2.24, 2.45) is 0 Å². The lowest BCUT2D eigenvalue weighted by atomic mass is 10.1. The smallest absolute Gasteiger partial charge is 0.219 e. The molecule has 0 saturated heterocycles. The van der Waals surface area contributed by atoms with Crippen LogP contribution in [0.5, 0.6) is 17.2 Å². The zero-order valence-corrected chi connectivity index (χ0v) is 12.1. The van der Waals surface area contributed by atoms with Gasteiger partial charge in [-0.2, -0.15) is 0 Å². The van der Waals surface area contributed by atoms with Gasteiger partial charge in [0.05, 0.1) is 21.3 Å². The van der Waals surface area contributed by atoms with Crippen molar-refractivity contribution in [3.05, 3.63) is 17.7 Å². The third-order valence-corrected chi connectivity index (χ3v) is 3.04. The van der Waals surface area contributed by atoms with Crippen molar-refractivity contribution in [2.45, 2.75) is 13.3 Å². The zero-order chi connectivity index (χ0) is 14.4. The second kappa shape index (κ2) is 6.87. The molecule has 0 atom stereocenters. The number of ether oxygens (including phenoxy) is 3. The molecule has 0 N–H and O–H groups in total. The average molecular weight is 267 g/mol. The molecule has 0 unspecified atom stereocenters. The molecule has 1 amide bonds. The average Bonchev–Trinajstić information content (AvgIpc) is 2.43. The largest absolute Gasteiger partial charge is 0.496 e. The Balaban J connectivity index is 2.95. The van der Waals surface area contributed by atoms with Crippen LogP contribution in [0.1, 0.15) is 12.5 Å². The molecule has 5 heteroatoms. The Labute approximate surface area is 114 Å². The summed E-state index contributed by atoms with van der Waals surface area (Å²) in [5.41, 5.74) is 0.980. The second-order valence-corrected chi connectivity index (χ2v) is 4.21.